The van der Waals surface area contributed by atoms with Crippen molar-refractivity contribution in [3.05, 3.63) is 71.3 Å². The second-order valence-corrected chi connectivity index (χ2v) is 8.44. The minimum absolute atomic E-state index is 0.0784. The van der Waals surface area contributed by atoms with Gasteiger partial charge in [-0.05, 0) is 23.1 Å². The molecule has 2 aromatic rings. The largest absolute Gasteiger partial charge is 0.416 e. The fraction of sp³-hybridized carbons (Fsp3) is 0.417. The van der Waals surface area contributed by atoms with Crippen molar-refractivity contribution in [2.45, 2.75) is 38.9 Å². The maximum Gasteiger partial charge on any atom is 0.416 e. The molecule has 166 valence electrons. The van der Waals surface area contributed by atoms with Gasteiger partial charge in [-0.15, -0.1) is 0 Å². The van der Waals surface area contributed by atoms with Crippen LogP contribution < -0.4 is 5.32 Å². The van der Waals surface area contributed by atoms with Gasteiger partial charge in [0.1, 0.15) is 0 Å². The van der Waals surface area contributed by atoms with E-state index in [-0.39, 0.29) is 30.8 Å². The standard InChI is InChI=1S/C24H27F3N2O2/c1-16(2)11-22(30)29-14-20(18-9-6-10-19(12-18)24(25,26)27)21(15-29)23(31)28-13-17-7-4-3-5-8-17/h3-10,12,16,20-21H,11,13-15H2,1-2H3,(H,28,31)/t20-,21+/m0/s1. The van der Waals surface area contributed by atoms with Crippen LogP contribution in [0, 0.1) is 11.8 Å². The maximum atomic E-state index is 13.2. The topological polar surface area (TPSA) is 49.4 Å². The van der Waals surface area contributed by atoms with Gasteiger partial charge in [-0.2, -0.15) is 13.2 Å². The van der Waals surface area contributed by atoms with Crippen LogP contribution in [-0.2, 0) is 22.3 Å². The van der Waals surface area contributed by atoms with Crippen LogP contribution in [0.1, 0.15) is 42.9 Å². The molecule has 0 spiro atoms. The summed E-state index contributed by atoms with van der Waals surface area (Å²) in [6.07, 6.45) is -4.12. The molecular formula is C24H27F3N2O2. The van der Waals surface area contributed by atoms with E-state index in [1.807, 2.05) is 44.2 Å². The van der Waals surface area contributed by atoms with E-state index in [9.17, 15) is 22.8 Å². The number of benzene rings is 2. The van der Waals surface area contributed by atoms with Gasteiger partial charge in [0.15, 0.2) is 0 Å². The number of amides is 2. The molecule has 1 aliphatic heterocycles. The number of carbonyl (C=O) groups is 2. The van der Waals surface area contributed by atoms with E-state index >= 15 is 0 Å². The summed E-state index contributed by atoms with van der Waals surface area (Å²) in [6.45, 7) is 4.62. The number of carbonyl (C=O) groups excluding carboxylic acids is 2. The average molecular weight is 432 g/mol. The molecule has 0 aromatic heterocycles. The average Bonchev–Trinajstić information content (AvgIpc) is 3.18. The summed E-state index contributed by atoms with van der Waals surface area (Å²) < 4.78 is 39.7. The molecule has 2 atom stereocenters. The first-order valence-corrected chi connectivity index (χ1v) is 10.4. The van der Waals surface area contributed by atoms with Crippen LogP contribution in [0.2, 0.25) is 0 Å². The summed E-state index contributed by atoms with van der Waals surface area (Å²) >= 11 is 0. The number of nitrogens with zero attached hydrogens (tertiary/aromatic N) is 1. The Morgan fingerprint density at radius 2 is 1.77 bits per heavy atom. The van der Waals surface area contributed by atoms with E-state index in [1.165, 1.54) is 6.07 Å². The van der Waals surface area contributed by atoms with E-state index in [1.54, 1.807) is 11.0 Å². The molecule has 0 bridgehead atoms. The lowest BCUT2D eigenvalue weighted by Crippen LogP contribution is -2.35. The molecule has 1 N–H and O–H groups in total. The van der Waals surface area contributed by atoms with E-state index < -0.39 is 23.6 Å². The lowest BCUT2D eigenvalue weighted by molar-refractivity contribution is -0.137. The third kappa shape index (κ3) is 5.87. The molecule has 1 aliphatic rings. The Morgan fingerprint density at radius 1 is 1.06 bits per heavy atom. The first-order valence-electron chi connectivity index (χ1n) is 10.4. The Balaban J connectivity index is 1.82. The summed E-state index contributed by atoms with van der Waals surface area (Å²) in [5.41, 5.74) is 0.604. The molecule has 1 heterocycles. The molecular weight excluding hydrogens is 405 g/mol. The van der Waals surface area contributed by atoms with E-state index in [4.69, 9.17) is 0 Å². The van der Waals surface area contributed by atoms with E-state index in [2.05, 4.69) is 5.32 Å². The molecule has 4 nitrogen and oxygen atoms in total. The van der Waals surface area contributed by atoms with Gasteiger partial charge in [0.05, 0.1) is 11.5 Å². The monoisotopic (exact) mass is 432 g/mol. The van der Waals surface area contributed by atoms with Crippen molar-refractivity contribution in [2.24, 2.45) is 11.8 Å². The smallest absolute Gasteiger partial charge is 0.352 e. The summed E-state index contributed by atoms with van der Waals surface area (Å²) in [4.78, 5) is 27.2. The molecule has 0 unspecified atom stereocenters. The fourth-order valence-corrected chi connectivity index (χ4v) is 3.95. The van der Waals surface area contributed by atoms with Gasteiger partial charge in [-0.1, -0.05) is 62.4 Å². The Morgan fingerprint density at radius 3 is 2.42 bits per heavy atom. The van der Waals surface area contributed by atoms with Crippen molar-refractivity contribution >= 4 is 11.8 Å². The third-order valence-electron chi connectivity index (χ3n) is 5.54. The summed E-state index contributed by atoms with van der Waals surface area (Å²) in [6, 6.07) is 14.5. The van der Waals surface area contributed by atoms with Gasteiger partial charge in [0.2, 0.25) is 11.8 Å². The number of alkyl halides is 3. The maximum absolute atomic E-state index is 13.2. The zero-order valence-electron chi connectivity index (χ0n) is 17.7. The van der Waals surface area contributed by atoms with Crippen LogP contribution in [0.15, 0.2) is 54.6 Å². The van der Waals surface area contributed by atoms with Crippen LogP contribution >= 0.6 is 0 Å². The predicted molar refractivity (Wildman–Crippen MR) is 112 cm³/mol. The highest BCUT2D eigenvalue weighted by atomic mass is 19.4. The zero-order valence-corrected chi connectivity index (χ0v) is 17.7. The number of rotatable bonds is 6. The summed E-state index contributed by atoms with van der Waals surface area (Å²) in [7, 11) is 0. The number of nitrogens with one attached hydrogen (secondary N) is 1. The first kappa shape index (κ1) is 22.8. The van der Waals surface area contributed by atoms with Crippen LogP contribution in [0.4, 0.5) is 13.2 Å². The molecule has 31 heavy (non-hydrogen) atoms. The molecule has 0 radical (unpaired) electrons. The van der Waals surface area contributed by atoms with Crippen molar-refractivity contribution in [3.8, 4) is 0 Å². The van der Waals surface area contributed by atoms with Crippen molar-refractivity contribution in [3.63, 3.8) is 0 Å². The predicted octanol–water partition coefficient (Wildman–Crippen LogP) is 4.61. The van der Waals surface area contributed by atoms with E-state index in [0.29, 0.717) is 18.5 Å². The Hall–Kier alpha value is -2.83. The Bertz CT molecular complexity index is 913. The molecule has 7 heteroatoms. The van der Waals surface area contributed by atoms with Crippen molar-refractivity contribution in [2.75, 3.05) is 13.1 Å². The fourth-order valence-electron chi connectivity index (χ4n) is 3.95. The molecule has 2 amide bonds. The molecule has 1 fully saturated rings. The number of hydrogen-bond donors (Lipinski definition) is 1. The van der Waals surface area contributed by atoms with E-state index in [0.717, 1.165) is 17.7 Å². The van der Waals surface area contributed by atoms with Crippen LogP contribution in [0.25, 0.3) is 0 Å². The lowest BCUT2D eigenvalue weighted by atomic mass is 9.87. The normalized spacial score (nSPS) is 19.0. The molecule has 0 aliphatic carbocycles. The number of halogens is 3. The van der Waals surface area contributed by atoms with Crippen molar-refractivity contribution in [1.82, 2.24) is 10.2 Å². The van der Waals surface area contributed by atoms with Crippen LogP contribution in [0.3, 0.4) is 0 Å². The molecule has 2 aromatic carbocycles. The molecule has 3 rings (SSSR count). The highest BCUT2D eigenvalue weighted by molar-refractivity contribution is 5.83. The number of hydrogen-bond acceptors (Lipinski definition) is 2. The first-order chi connectivity index (χ1) is 14.6. The zero-order chi connectivity index (χ0) is 22.6. The third-order valence-corrected chi connectivity index (χ3v) is 5.54. The second-order valence-electron chi connectivity index (χ2n) is 8.44. The van der Waals surface area contributed by atoms with Gasteiger partial charge in [0, 0.05) is 32.0 Å². The lowest BCUT2D eigenvalue weighted by Gasteiger charge is -2.19. The van der Waals surface area contributed by atoms with Gasteiger partial charge in [-0.3, -0.25) is 9.59 Å². The molecule has 0 saturated carbocycles. The summed E-state index contributed by atoms with van der Waals surface area (Å²) in [5.74, 6) is -1.28. The van der Waals surface area contributed by atoms with Crippen molar-refractivity contribution in [1.29, 1.82) is 0 Å². The number of likely N-dealkylation sites (tertiary alicyclic amines) is 1. The van der Waals surface area contributed by atoms with Gasteiger partial charge < -0.3 is 10.2 Å². The van der Waals surface area contributed by atoms with Gasteiger partial charge in [0.25, 0.3) is 0 Å². The summed E-state index contributed by atoms with van der Waals surface area (Å²) in [5, 5.41) is 2.89. The minimum Gasteiger partial charge on any atom is -0.352 e. The van der Waals surface area contributed by atoms with Crippen molar-refractivity contribution < 1.29 is 22.8 Å². The highest BCUT2D eigenvalue weighted by Crippen LogP contribution is 2.37. The van der Waals surface area contributed by atoms with Crippen LogP contribution in [0.5, 0.6) is 0 Å². The van der Waals surface area contributed by atoms with Gasteiger partial charge in [-0.25, -0.2) is 0 Å². The van der Waals surface area contributed by atoms with Gasteiger partial charge >= 0.3 is 6.18 Å². The minimum atomic E-state index is -4.47. The Kier molecular flexibility index (Phi) is 7.03. The SMILES string of the molecule is CC(C)CC(=O)N1C[C@@H](C(=O)NCc2ccccc2)[C@H](c2cccc(C(F)(F)F)c2)C1. The van der Waals surface area contributed by atoms with Crippen LogP contribution in [-0.4, -0.2) is 29.8 Å². The quantitative estimate of drug-likeness (QED) is 0.725. The Labute approximate surface area is 180 Å². The second kappa shape index (κ2) is 9.54. The molecule has 1 saturated heterocycles. The highest BCUT2D eigenvalue weighted by Gasteiger charge is 2.41.